The molecule has 0 N–H and O–H groups in total. The highest BCUT2D eigenvalue weighted by Crippen LogP contribution is 2.48. The van der Waals surface area contributed by atoms with Crippen LogP contribution in [-0.4, -0.2) is 27.1 Å². The molecule has 1 atom stereocenters. The van der Waals surface area contributed by atoms with Gasteiger partial charge in [0.2, 0.25) is 0 Å². The lowest BCUT2D eigenvalue weighted by Gasteiger charge is -2.35. The Bertz CT molecular complexity index is 918. The summed E-state index contributed by atoms with van der Waals surface area (Å²) < 4.78 is 71.1. The van der Waals surface area contributed by atoms with Crippen LogP contribution in [0.5, 0.6) is 0 Å². The lowest BCUT2D eigenvalue weighted by molar-refractivity contribution is -0.0578. The number of hydrogen-bond acceptors (Lipinski definition) is 4. The van der Waals surface area contributed by atoms with Crippen molar-refractivity contribution in [3.8, 4) is 0 Å². The topological polar surface area (TPSA) is 52.6 Å². The summed E-state index contributed by atoms with van der Waals surface area (Å²) in [7, 11) is -5.72. The Morgan fingerprint density at radius 2 is 1.61 bits per heavy atom. The van der Waals surface area contributed by atoms with Crippen LogP contribution in [0.3, 0.4) is 0 Å². The maximum atomic E-state index is 12.7. The predicted molar refractivity (Wildman–Crippen MR) is 98.7 cm³/mol. The zero-order valence-corrected chi connectivity index (χ0v) is 16.6. The molecule has 1 heterocycles. The van der Waals surface area contributed by atoms with Crippen LogP contribution < -0.4 is 0 Å². The van der Waals surface area contributed by atoms with Crippen LogP contribution in [0.1, 0.15) is 17.5 Å². The fourth-order valence-electron chi connectivity index (χ4n) is 3.37. The first kappa shape index (κ1) is 21.4. The first-order valence-electron chi connectivity index (χ1n) is 8.18. The number of ether oxygens (including phenoxy) is 1. The van der Waals surface area contributed by atoms with Crippen LogP contribution in [0.2, 0.25) is 10.0 Å². The Hall–Kier alpha value is -1.32. The number of hydrogen-bond donors (Lipinski definition) is 0. The highest BCUT2D eigenvalue weighted by Gasteiger charge is 2.51. The van der Waals surface area contributed by atoms with Crippen molar-refractivity contribution < 1.29 is 30.5 Å². The summed E-state index contributed by atoms with van der Waals surface area (Å²) in [5.41, 5.74) is -5.62. The SMILES string of the molecule is O=S(=O)(OCC1CCOC1(c1cccc(Cl)c1)c1cccc(Cl)c1)C(F)(F)F. The fraction of sp³-hybridized carbons (Fsp3) is 0.333. The molecule has 0 aromatic heterocycles. The van der Waals surface area contributed by atoms with Crippen LogP contribution in [0, 0.1) is 5.92 Å². The molecular weight excluding hydrogens is 440 g/mol. The maximum Gasteiger partial charge on any atom is 0.523 e. The summed E-state index contributed by atoms with van der Waals surface area (Å²) in [5.74, 6) is -0.721. The number of halogens is 5. The van der Waals surface area contributed by atoms with Crippen LogP contribution >= 0.6 is 23.2 Å². The van der Waals surface area contributed by atoms with E-state index in [1.54, 1.807) is 48.5 Å². The molecule has 0 amide bonds. The van der Waals surface area contributed by atoms with E-state index in [0.717, 1.165) is 0 Å². The summed E-state index contributed by atoms with van der Waals surface area (Å²) in [4.78, 5) is 0. The molecule has 28 heavy (non-hydrogen) atoms. The van der Waals surface area contributed by atoms with Crippen molar-refractivity contribution in [1.29, 1.82) is 0 Å². The van der Waals surface area contributed by atoms with Gasteiger partial charge in [-0.15, -0.1) is 0 Å². The van der Waals surface area contributed by atoms with Gasteiger partial charge in [-0.25, -0.2) is 0 Å². The smallest absolute Gasteiger partial charge is 0.365 e. The lowest BCUT2D eigenvalue weighted by Crippen LogP contribution is -2.38. The van der Waals surface area contributed by atoms with E-state index in [9.17, 15) is 21.6 Å². The maximum absolute atomic E-state index is 12.7. The average molecular weight is 455 g/mol. The van der Waals surface area contributed by atoms with Crippen molar-refractivity contribution in [1.82, 2.24) is 0 Å². The molecule has 0 saturated carbocycles. The van der Waals surface area contributed by atoms with Crippen molar-refractivity contribution in [2.45, 2.75) is 17.5 Å². The molecule has 1 fully saturated rings. The molecule has 1 unspecified atom stereocenters. The molecule has 152 valence electrons. The summed E-state index contributed by atoms with van der Waals surface area (Å²) in [6, 6.07) is 13.3. The van der Waals surface area contributed by atoms with E-state index in [0.29, 0.717) is 21.2 Å². The van der Waals surface area contributed by atoms with E-state index in [4.69, 9.17) is 27.9 Å². The molecule has 1 aliphatic heterocycles. The van der Waals surface area contributed by atoms with Crippen LogP contribution in [-0.2, 0) is 24.6 Å². The largest absolute Gasteiger partial charge is 0.523 e. The van der Waals surface area contributed by atoms with E-state index in [1.807, 2.05) is 0 Å². The Balaban J connectivity index is 2.06. The van der Waals surface area contributed by atoms with Gasteiger partial charge in [0, 0.05) is 22.6 Å². The third-order valence-electron chi connectivity index (χ3n) is 4.59. The molecular formula is C18H15Cl2F3O4S. The van der Waals surface area contributed by atoms with Gasteiger partial charge in [-0.1, -0.05) is 47.5 Å². The second-order valence-electron chi connectivity index (χ2n) is 6.27. The standard InChI is InChI=1S/C18H15Cl2F3O4S/c19-15-5-1-3-12(9-15)17(13-4-2-6-16(20)10-13)14(7-8-26-17)11-27-28(24,25)18(21,22)23/h1-6,9-10,14H,7-8,11H2. The molecule has 4 nitrogen and oxygen atoms in total. The molecule has 2 aromatic rings. The normalized spacial score (nSPS) is 19.7. The minimum absolute atomic E-state index is 0.194. The van der Waals surface area contributed by atoms with E-state index >= 15 is 0 Å². The van der Waals surface area contributed by atoms with Crippen LogP contribution in [0.15, 0.2) is 48.5 Å². The first-order valence-corrected chi connectivity index (χ1v) is 10.3. The van der Waals surface area contributed by atoms with Crippen LogP contribution in [0.25, 0.3) is 0 Å². The van der Waals surface area contributed by atoms with E-state index in [1.165, 1.54) is 0 Å². The molecule has 0 aliphatic carbocycles. The Labute approximate surface area is 170 Å². The van der Waals surface area contributed by atoms with Crippen molar-refractivity contribution >= 4 is 33.3 Å². The highest BCUT2D eigenvalue weighted by molar-refractivity contribution is 7.87. The predicted octanol–water partition coefficient (Wildman–Crippen LogP) is 5.14. The Morgan fingerprint density at radius 1 is 1.07 bits per heavy atom. The summed E-state index contributed by atoms with van der Waals surface area (Å²) >= 11 is 12.2. The molecule has 0 bridgehead atoms. The average Bonchev–Trinajstić information content (AvgIpc) is 3.04. The van der Waals surface area contributed by atoms with Crippen molar-refractivity contribution in [2.24, 2.45) is 5.92 Å². The molecule has 3 rings (SSSR count). The van der Waals surface area contributed by atoms with Gasteiger partial charge in [0.05, 0.1) is 6.61 Å². The fourth-order valence-corrected chi connectivity index (χ4v) is 4.22. The number of benzene rings is 2. The molecule has 2 aromatic carbocycles. The van der Waals surface area contributed by atoms with Gasteiger partial charge in [-0.2, -0.15) is 21.6 Å². The van der Waals surface area contributed by atoms with E-state index in [2.05, 4.69) is 4.18 Å². The van der Waals surface area contributed by atoms with Gasteiger partial charge in [0.1, 0.15) is 5.60 Å². The van der Waals surface area contributed by atoms with Crippen molar-refractivity contribution in [2.75, 3.05) is 13.2 Å². The quantitative estimate of drug-likeness (QED) is 0.463. The first-order chi connectivity index (χ1) is 13.1. The Kier molecular flexibility index (Phi) is 5.99. The van der Waals surface area contributed by atoms with Gasteiger partial charge in [0.15, 0.2) is 0 Å². The van der Waals surface area contributed by atoms with Gasteiger partial charge in [-0.3, -0.25) is 4.18 Å². The van der Waals surface area contributed by atoms with Crippen molar-refractivity contribution in [3.63, 3.8) is 0 Å². The minimum Gasteiger partial charge on any atom is -0.365 e. The second kappa shape index (κ2) is 7.84. The Morgan fingerprint density at radius 3 is 2.07 bits per heavy atom. The van der Waals surface area contributed by atoms with Gasteiger partial charge in [0.25, 0.3) is 0 Å². The van der Waals surface area contributed by atoms with Crippen molar-refractivity contribution in [3.05, 3.63) is 69.7 Å². The zero-order valence-electron chi connectivity index (χ0n) is 14.2. The number of alkyl halides is 3. The highest BCUT2D eigenvalue weighted by atomic mass is 35.5. The number of rotatable bonds is 5. The van der Waals surface area contributed by atoms with Gasteiger partial charge in [-0.05, 0) is 41.8 Å². The van der Waals surface area contributed by atoms with Gasteiger partial charge < -0.3 is 4.74 Å². The minimum atomic E-state index is -5.72. The van der Waals surface area contributed by atoms with Gasteiger partial charge >= 0.3 is 15.6 Å². The molecule has 0 radical (unpaired) electrons. The molecule has 1 aliphatic rings. The van der Waals surface area contributed by atoms with E-state index < -0.39 is 33.8 Å². The summed E-state index contributed by atoms with van der Waals surface area (Å²) in [6.07, 6.45) is 0.284. The van der Waals surface area contributed by atoms with Crippen LogP contribution in [0.4, 0.5) is 13.2 Å². The molecule has 1 saturated heterocycles. The third-order valence-corrected chi connectivity index (χ3v) is 6.07. The molecule has 0 spiro atoms. The van der Waals surface area contributed by atoms with E-state index in [-0.39, 0.29) is 13.0 Å². The summed E-state index contributed by atoms with van der Waals surface area (Å²) in [6.45, 7) is -0.514. The molecule has 10 heteroatoms. The second-order valence-corrected chi connectivity index (χ2v) is 8.75. The summed E-state index contributed by atoms with van der Waals surface area (Å²) in [5, 5.41) is 0.800. The monoisotopic (exact) mass is 454 g/mol. The lowest BCUT2D eigenvalue weighted by atomic mass is 9.76. The zero-order chi connectivity index (χ0) is 20.6. The third kappa shape index (κ3) is 4.02.